The molecule has 2 aliphatic rings. The maximum absolute atomic E-state index is 14.3. The van der Waals surface area contributed by atoms with Crippen LogP contribution in [-0.4, -0.2) is 47.8 Å². The lowest BCUT2D eigenvalue weighted by Crippen LogP contribution is -2.54. The zero-order chi connectivity index (χ0) is 25.4. The average molecular weight is 486 g/mol. The molecule has 2 aliphatic heterocycles. The van der Waals surface area contributed by atoms with Gasteiger partial charge >= 0.3 is 0 Å². The van der Waals surface area contributed by atoms with Crippen LogP contribution in [0.5, 0.6) is 11.5 Å². The van der Waals surface area contributed by atoms with E-state index in [2.05, 4.69) is 0 Å². The van der Waals surface area contributed by atoms with Gasteiger partial charge < -0.3 is 25.0 Å². The van der Waals surface area contributed by atoms with Gasteiger partial charge in [-0.05, 0) is 40.5 Å². The summed E-state index contributed by atoms with van der Waals surface area (Å²) in [6.45, 7) is 0.456. The van der Waals surface area contributed by atoms with E-state index in [0.717, 1.165) is 16.7 Å². The number of methoxy groups -OCH3 is 2. The minimum Gasteiger partial charge on any atom is -0.493 e. The lowest BCUT2D eigenvalue weighted by atomic mass is 9.91. The van der Waals surface area contributed by atoms with E-state index in [4.69, 9.17) is 15.2 Å². The fourth-order valence-electron chi connectivity index (χ4n) is 5.13. The van der Waals surface area contributed by atoms with Gasteiger partial charge in [0.15, 0.2) is 11.5 Å². The summed E-state index contributed by atoms with van der Waals surface area (Å²) in [6.07, 6.45) is 0.243. The molecule has 8 heteroatoms. The van der Waals surface area contributed by atoms with Crippen LogP contribution in [0.4, 0.5) is 0 Å². The van der Waals surface area contributed by atoms with Gasteiger partial charge in [-0.15, -0.1) is 0 Å². The predicted octanol–water partition coefficient (Wildman–Crippen LogP) is 2.84. The number of hydrogen-bond acceptors (Lipinski definition) is 5. The van der Waals surface area contributed by atoms with Gasteiger partial charge in [-0.25, -0.2) is 0 Å². The standard InChI is InChI=1S/C28H27N3O5/c1-35-23-13-19-12-22(26(29)32)30(16-20(19)14-24(23)36-2)28(34)25(17-8-4-3-5-9-17)31-15-18-10-6-7-11-21(18)27(31)33/h3-11,13-14,22,25H,12,15-16H2,1-2H3,(H2,29,32)/t22-,25-/m0/s1. The quantitative estimate of drug-likeness (QED) is 0.579. The predicted molar refractivity (Wildman–Crippen MR) is 132 cm³/mol. The molecular formula is C28H27N3O5. The van der Waals surface area contributed by atoms with Crippen molar-refractivity contribution < 1.29 is 23.9 Å². The number of carbonyl (C=O) groups is 3. The van der Waals surface area contributed by atoms with Gasteiger partial charge in [0.05, 0.1) is 14.2 Å². The Kier molecular flexibility index (Phi) is 6.10. The molecule has 2 N–H and O–H groups in total. The van der Waals surface area contributed by atoms with Gasteiger partial charge in [-0.2, -0.15) is 0 Å². The number of ether oxygens (including phenoxy) is 2. The summed E-state index contributed by atoms with van der Waals surface area (Å²) in [5.41, 5.74) is 9.61. The third-order valence-corrected chi connectivity index (χ3v) is 6.96. The summed E-state index contributed by atoms with van der Waals surface area (Å²) >= 11 is 0. The molecule has 3 aromatic carbocycles. The van der Waals surface area contributed by atoms with Gasteiger partial charge in [-0.1, -0.05) is 48.5 Å². The zero-order valence-electron chi connectivity index (χ0n) is 20.1. The van der Waals surface area contributed by atoms with Gasteiger partial charge in [0, 0.05) is 25.1 Å². The van der Waals surface area contributed by atoms with Gasteiger partial charge in [0.2, 0.25) is 5.91 Å². The Balaban J connectivity index is 1.56. The van der Waals surface area contributed by atoms with Crippen molar-refractivity contribution in [2.24, 2.45) is 5.73 Å². The lowest BCUT2D eigenvalue weighted by molar-refractivity contribution is -0.144. The number of benzene rings is 3. The number of primary amides is 1. The van der Waals surface area contributed by atoms with Gasteiger partial charge in [-0.3, -0.25) is 14.4 Å². The van der Waals surface area contributed by atoms with E-state index >= 15 is 0 Å². The molecule has 0 aliphatic carbocycles. The molecule has 184 valence electrons. The Labute approximate surface area is 209 Å². The largest absolute Gasteiger partial charge is 0.493 e. The van der Waals surface area contributed by atoms with Crippen LogP contribution in [-0.2, 0) is 29.1 Å². The minimum absolute atomic E-state index is 0.153. The van der Waals surface area contributed by atoms with Crippen molar-refractivity contribution in [3.63, 3.8) is 0 Å². The summed E-state index contributed by atoms with van der Waals surface area (Å²) in [5, 5.41) is 0. The third-order valence-electron chi connectivity index (χ3n) is 6.96. The topological polar surface area (TPSA) is 102 Å². The fraction of sp³-hybridized carbons (Fsp3) is 0.250. The number of nitrogens with zero attached hydrogens (tertiary/aromatic N) is 2. The highest BCUT2D eigenvalue weighted by Crippen LogP contribution is 2.38. The average Bonchev–Trinajstić information content (AvgIpc) is 3.23. The van der Waals surface area contributed by atoms with E-state index in [9.17, 15) is 14.4 Å². The van der Waals surface area contributed by atoms with E-state index in [-0.39, 0.29) is 24.8 Å². The third kappa shape index (κ3) is 3.94. The molecule has 3 aromatic rings. The molecule has 0 aromatic heterocycles. The summed E-state index contributed by atoms with van der Waals surface area (Å²) in [6, 6.07) is 18.4. The summed E-state index contributed by atoms with van der Waals surface area (Å²) in [7, 11) is 3.09. The number of rotatable bonds is 6. The second-order valence-corrected chi connectivity index (χ2v) is 8.97. The van der Waals surface area contributed by atoms with E-state index in [1.807, 2.05) is 60.7 Å². The smallest absolute Gasteiger partial charge is 0.255 e. The first-order valence-electron chi connectivity index (χ1n) is 11.7. The van der Waals surface area contributed by atoms with Crippen molar-refractivity contribution in [2.45, 2.75) is 31.6 Å². The van der Waals surface area contributed by atoms with E-state index in [0.29, 0.717) is 29.2 Å². The normalized spacial score (nSPS) is 17.3. The van der Waals surface area contributed by atoms with Crippen LogP contribution in [0.2, 0.25) is 0 Å². The van der Waals surface area contributed by atoms with Crippen LogP contribution in [0, 0.1) is 0 Å². The molecule has 0 saturated heterocycles. The van der Waals surface area contributed by atoms with Crippen LogP contribution >= 0.6 is 0 Å². The van der Waals surface area contributed by atoms with E-state index < -0.39 is 18.0 Å². The Morgan fingerprint density at radius 1 is 0.889 bits per heavy atom. The maximum atomic E-state index is 14.3. The van der Waals surface area contributed by atoms with Crippen LogP contribution in [0.1, 0.15) is 38.7 Å². The van der Waals surface area contributed by atoms with Gasteiger partial charge in [0.1, 0.15) is 12.1 Å². The molecule has 2 heterocycles. The first-order chi connectivity index (χ1) is 17.4. The molecule has 36 heavy (non-hydrogen) atoms. The second kappa shape index (κ2) is 9.37. The van der Waals surface area contributed by atoms with E-state index in [1.54, 1.807) is 25.2 Å². The van der Waals surface area contributed by atoms with Crippen molar-refractivity contribution in [1.29, 1.82) is 0 Å². The Morgan fingerprint density at radius 3 is 2.17 bits per heavy atom. The van der Waals surface area contributed by atoms with Crippen LogP contribution < -0.4 is 15.2 Å². The first-order valence-corrected chi connectivity index (χ1v) is 11.7. The zero-order valence-corrected chi connectivity index (χ0v) is 20.1. The SMILES string of the molecule is COc1cc2c(cc1OC)CN(C(=O)[C@H](c1ccccc1)N1Cc3ccccc3C1=O)[C@H](C(N)=O)C2. The maximum Gasteiger partial charge on any atom is 0.255 e. The number of nitrogens with two attached hydrogens (primary N) is 1. The van der Waals surface area contributed by atoms with Crippen LogP contribution in [0.15, 0.2) is 66.7 Å². The molecule has 5 rings (SSSR count). The summed E-state index contributed by atoms with van der Waals surface area (Å²) in [4.78, 5) is 43.3. The van der Waals surface area contributed by atoms with Crippen molar-refractivity contribution in [3.05, 3.63) is 94.5 Å². The van der Waals surface area contributed by atoms with Crippen molar-refractivity contribution in [2.75, 3.05) is 14.2 Å². The molecular weight excluding hydrogens is 458 g/mol. The monoisotopic (exact) mass is 485 g/mol. The molecule has 0 unspecified atom stereocenters. The number of fused-ring (bicyclic) bond motifs is 2. The minimum atomic E-state index is -0.908. The highest BCUT2D eigenvalue weighted by atomic mass is 16.5. The van der Waals surface area contributed by atoms with Crippen molar-refractivity contribution >= 4 is 17.7 Å². The Hall–Kier alpha value is -4.33. The summed E-state index contributed by atoms with van der Waals surface area (Å²) < 4.78 is 10.9. The molecule has 3 amide bonds. The highest BCUT2D eigenvalue weighted by Gasteiger charge is 2.43. The molecule has 0 bridgehead atoms. The Bertz CT molecular complexity index is 1340. The van der Waals surface area contributed by atoms with Crippen molar-refractivity contribution in [1.82, 2.24) is 9.80 Å². The number of hydrogen-bond donors (Lipinski definition) is 1. The van der Waals surface area contributed by atoms with Crippen LogP contribution in [0.25, 0.3) is 0 Å². The fourth-order valence-corrected chi connectivity index (χ4v) is 5.13. The van der Waals surface area contributed by atoms with Crippen molar-refractivity contribution in [3.8, 4) is 11.5 Å². The molecule has 0 fully saturated rings. The van der Waals surface area contributed by atoms with E-state index in [1.165, 1.54) is 4.90 Å². The summed E-state index contributed by atoms with van der Waals surface area (Å²) in [5.74, 6) is -0.0988. The number of carbonyl (C=O) groups excluding carboxylic acids is 3. The molecule has 8 nitrogen and oxygen atoms in total. The lowest BCUT2D eigenvalue weighted by Gasteiger charge is -2.39. The number of amides is 3. The second-order valence-electron chi connectivity index (χ2n) is 8.97. The molecule has 0 saturated carbocycles. The molecule has 2 atom stereocenters. The van der Waals surface area contributed by atoms with Crippen LogP contribution in [0.3, 0.4) is 0 Å². The highest BCUT2D eigenvalue weighted by molar-refractivity contribution is 6.02. The first kappa shape index (κ1) is 23.4. The Morgan fingerprint density at radius 2 is 1.53 bits per heavy atom. The molecule has 0 radical (unpaired) electrons. The molecule has 0 spiro atoms. The van der Waals surface area contributed by atoms with Gasteiger partial charge in [0.25, 0.3) is 11.8 Å².